The maximum absolute atomic E-state index is 5.88. The van der Waals surface area contributed by atoms with E-state index in [1.54, 1.807) is 7.11 Å². The van der Waals surface area contributed by atoms with Crippen LogP contribution in [0.25, 0.3) is 0 Å². The van der Waals surface area contributed by atoms with E-state index in [0.717, 1.165) is 11.7 Å². The third-order valence-corrected chi connectivity index (χ3v) is 4.83. The Kier molecular flexibility index (Phi) is 5.06. The minimum atomic E-state index is 0.257. The van der Waals surface area contributed by atoms with Gasteiger partial charge in [-0.2, -0.15) is 0 Å². The summed E-state index contributed by atoms with van der Waals surface area (Å²) in [6.45, 7) is 6.59. The van der Waals surface area contributed by atoms with Crippen molar-refractivity contribution >= 4 is 0 Å². The van der Waals surface area contributed by atoms with Gasteiger partial charge in [0, 0.05) is 6.04 Å². The van der Waals surface area contributed by atoms with Gasteiger partial charge in [-0.15, -0.1) is 0 Å². The molecule has 1 unspecified atom stereocenters. The normalized spacial score (nSPS) is 24.4. The lowest BCUT2D eigenvalue weighted by Crippen LogP contribution is -2.35. The minimum Gasteiger partial charge on any atom is -0.496 e. The molecule has 3 heteroatoms. The summed E-state index contributed by atoms with van der Waals surface area (Å²) in [6, 6.07) is 4.61. The zero-order valence-electron chi connectivity index (χ0n) is 13.2. The van der Waals surface area contributed by atoms with Crippen molar-refractivity contribution in [3.63, 3.8) is 0 Å². The van der Waals surface area contributed by atoms with Gasteiger partial charge in [-0.1, -0.05) is 25.8 Å². The van der Waals surface area contributed by atoms with Crippen LogP contribution in [0.15, 0.2) is 12.1 Å². The van der Waals surface area contributed by atoms with E-state index >= 15 is 0 Å². The molecule has 0 spiro atoms. The lowest BCUT2D eigenvalue weighted by atomic mass is 9.76. The van der Waals surface area contributed by atoms with Gasteiger partial charge in [0.05, 0.1) is 7.11 Å². The van der Waals surface area contributed by atoms with Crippen molar-refractivity contribution in [3.8, 4) is 5.75 Å². The van der Waals surface area contributed by atoms with E-state index in [9.17, 15) is 0 Å². The van der Waals surface area contributed by atoms with Crippen molar-refractivity contribution in [2.24, 2.45) is 17.7 Å². The Morgan fingerprint density at radius 3 is 2.35 bits per heavy atom. The first-order valence-electron chi connectivity index (χ1n) is 7.68. The summed E-state index contributed by atoms with van der Waals surface area (Å²) in [6.07, 6.45) is 5.16. The summed E-state index contributed by atoms with van der Waals surface area (Å²) in [5.74, 6) is 8.34. The second-order valence-corrected chi connectivity index (χ2v) is 6.34. The molecule has 112 valence electrons. The SMILES string of the molecule is COc1cc(C)c(C(NN)C2CCC(C)CC2)cc1C. The summed E-state index contributed by atoms with van der Waals surface area (Å²) in [4.78, 5) is 0. The molecule has 0 aliphatic heterocycles. The third-order valence-electron chi connectivity index (χ3n) is 4.83. The first-order valence-corrected chi connectivity index (χ1v) is 7.68. The van der Waals surface area contributed by atoms with Crippen molar-refractivity contribution in [1.29, 1.82) is 0 Å². The first-order chi connectivity index (χ1) is 9.56. The Hall–Kier alpha value is -1.06. The van der Waals surface area contributed by atoms with Crippen LogP contribution >= 0.6 is 0 Å². The van der Waals surface area contributed by atoms with Gasteiger partial charge in [0.2, 0.25) is 0 Å². The number of hydrogen-bond acceptors (Lipinski definition) is 3. The van der Waals surface area contributed by atoms with E-state index < -0.39 is 0 Å². The number of ether oxygens (including phenoxy) is 1. The van der Waals surface area contributed by atoms with E-state index in [-0.39, 0.29) is 6.04 Å². The monoisotopic (exact) mass is 276 g/mol. The number of hydrogen-bond donors (Lipinski definition) is 2. The van der Waals surface area contributed by atoms with Gasteiger partial charge in [0.1, 0.15) is 5.75 Å². The van der Waals surface area contributed by atoms with Gasteiger partial charge in [0.25, 0.3) is 0 Å². The molecule has 1 aliphatic carbocycles. The van der Waals surface area contributed by atoms with Crippen LogP contribution in [0.4, 0.5) is 0 Å². The molecule has 1 fully saturated rings. The van der Waals surface area contributed by atoms with Crippen molar-refractivity contribution in [2.75, 3.05) is 7.11 Å². The van der Waals surface area contributed by atoms with Gasteiger partial charge in [0.15, 0.2) is 0 Å². The molecule has 1 aromatic carbocycles. The fourth-order valence-corrected chi connectivity index (χ4v) is 3.47. The van der Waals surface area contributed by atoms with Crippen LogP contribution in [-0.4, -0.2) is 7.11 Å². The van der Waals surface area contributed by atoms with E-state index in [2.05, 4.69) is 38.3 Å². The molecule has 3 N–H and O–H groups in total. The number of benzene rings is 1. The molecular formula is C17H28N2O. The standard InChI is InChI=1S/C17H28N2O/c1-11-5-7-14(8-6-11)17(19-18)15-9-13(3)16(20-4)10-12(15)2/h9-11,14,17,19H,5-8,18H2,1-4H3. The van der Waals surface area contributed by atoms with Crippen LogP contribution in [0.2, 0.25) is 0 Å². The number of rotatable bonds is 4. The molecule has 0 heterocycles. The van der Waals surface area contributed by atoms with Crippen LogP contribution in [0.3, 0.4) is 0 Å². The fourth-order valence-electron chi connectivity index (χ4n) is 3.47. The van der Waals surface area contributed by atoms with Crippen molar-refractivity contribution in [1.82, 2.24) is 5.43 Å². The van der Waals surface area contributed by atoms with Gasteiger partial charge < -0.3 is 4.74 Å². The summed E-state index contributed by atoms with van der Waals surface area (Å²) in [5.41, 5.74) is 6.83. The average Bonchev–Trinajstić information content (AvgIpc) is 2.45. The molecule has 0 saturated heterocycles. The van der Waals surface area contributed by atoms with Gasteiger partial charge in [-0.25, -0.2) is 0 Å². The summed E-state index contributed by atoms with van der Waals surface area (Å²) < 4.78 is 5.40. The lowest BCUT2D eigenvalue weighted by Gasteiger charge is -2.33. The van der Waals surface area contributed by atoms with Crippen LogP contribution < -0.4 is 16.0 Å². The van der Waals surface area contributed by atoms with Gasteiger partial charge in [-0.05, 0) is 61.3 Å². The molecule has 1 saturated carbocycles. The highest BCUT2D eigenvalue weighted by Gasteiger charge is 2.27. The van der Waals surface area contributed by atoms with E-state index in [0.29, 0.717) is 5.92 Å². The van der Waals surface area contributed by atoms with Crippen LogP contribution in [-0.2, 0) is 0 Å². The molecule has 2 rings (SSSR count). The number of aryl methyl sites for hydroxylation is 2. The highest BCUT2D eigenvalue weighted by atomic mass is 16.5. The third kappa shape index (κ3) is 3.15. The van der Waals surface area contributed by atoms with Crippen molar-refractivity contribution < 1.29 is 4.74 Å². The van der Waals surface area contributed by atoms with Gasteiger partial charge >= 0.3 is 0 Å². The molecule has 1 aliphatic rings. The zero-order chi connectivity index (χ0) is 14.7. The highest BCUT2D eigenvalue weighted by Crippen LogP contribution is 2.38. The number of methoxy groups -OCH3 is 1. The Morgan fingerprint density at radius 2 is 1.80 bits per heavy atom. The summed E-state index contributed by atoms with van der Waals surface area (Å²) in [7, 11) is 1.72. The van der Waals surface area contributed by atoms with E-state index in [1.165, 1.54) is 42.4 Å². The maximum Gasteiger partial charge on any atom is 0.122 e. The second kappa shape index (κ2) is 6.59. The quantitative estimate of drug-likeness (QED) is 0.652. The molecule has 20 heavy (non-hydrogen) atoms. The van der Waals surface area contributed by atoms with Crippen molar-refractivity contribution in [2.45, 2.75) is 52.5 Å². The topological polar surface area (TPSA) is 47.3 Å². The predicted octanol–water partition coefficient (Wildman–Crippen LogP) is 3.64. The lowest BCUT2D eigenvalue weighted by molar-refractivity contribution is 0.232. The van der Waals surface area contributed by atoms with Crippen LogP contribution in [0.1, 0.15) is 55.3 Å². The molecular weight excluding hydrogens is 248 g/mol. The Labute approximate surface area is 122 Å². The maximum atomic E-state index is 5.88. The van der Waals surface area contributed by atoms with Gasteiger partial charge in [-0.3, -0.25) is 11.3 Å². The Bertz CT molecular complexity index is 451. The smallest absolute Gasteiger partial charge is 0.122 e. The predicted molar refractivity (Wildman–Crippen MR) is 83.7 cm³/mol. The average molecular weight is 276 g/mol. The molecule has 3 nitrogen and oxygen atoms in total. The zero-order valence-corrected chi connectivity index (χ0v) is 13.2. The van der Waals surface area contributed by atoms with Crippen LogP contribution in [0.5, 0.6) is 5.75 Å². The molecule has 1 atom stereocenters. The van der Waals surface area contributed by atoms with Crippen LogP contribution in [0, 0.1) is 25.7 Å². The van der Waals surface area contributed by atoms with E-state index in [4.69, 9.17) is 10.6 Å². The second-order valence-electron chi connectivity index (χ2n) is 6.34. The molecule has 1 aromatic rings. The number of hydrazine groups is 1. The minimum absolute atomic E-state index is 0.257. The molecule has 0 amide bonds. The number of nitrogens with two attached hydrogens (primary N) is 1. The summed E-state index contributed by atoms with van der Waals surface area (Å²) >= 11 is 0. The summed E-state index contributed by atoms with van der Waals surface area (Å²) in [5, 5.41) is 0. The molecule has 0 bridgehead atoms. The van der Waals surface area contributed by atoms with Crippen molar-refractivity contribution in [3.05, 3.63) is 28.8 Å². The van der Waals surface area contributed by atoms with E-state index in [1.807, 2.05) is 0 Å². The first kappa shape index (κ1) is 15.3. The number of nitrogens with one attached hydrogen (secondary N) is 1. The Morgan fingerprint density at radius 1 is 1.15 bits per heavy atom. The Balaban J connectivity index is 2.25. The largest absolute Gasteiger partial charge is 0.496 e. The molecule has 0 radical (unpaired) electrons. The fraction of sp³-hybridized carbons (Fsp3) is 0.647. The molecule has 0 aromatic heterocycles. The highest BCUT2D eigenvalue weighted by molar-refractivity contribution is 5.43.